The van der Waals surface area contributed by atoms with E-state index in [0.717, 1.165) is 5.56 Å². The minimum atomic E-state index is -0.241. The summed E-state index contributed by atoms with van der Waals surface area (Å²) in [6.45, 7) is 0.149. The molecule has 0 unspecified atom stereocenters. The molecule has 4 rings (SSSR count). The van der Waals surface area contributed by atoms with Crippen molar-refractivity contribution in [1.82, 2.24) is 20.4 Å². The highest BCUT2D eigenvalue weighted by molar-refractivity contribution is 7.11. The molecule has 0 aliphatic heterocycles. The number of nitrogens with zero attached hydrogens (tertiary/aromatic N) is 3. The van der Waals surface area contributed by atoms with Crippen molar-refractivity contribution in [2.24, 2.45) is 0 Å². The van der Waals surface area contributed by atoms with Gasteiger partial charge in [-0.3, -0.25) is 4.79 Å². The Morgan fingerprint density at radius 3 is 2.67 bits per heavy atom. The van der Waals surface area contributed by atoms with Crippen LogP contribution in [0.2, 0.25) is 0 Å². The fourth-order valence-corrected chi connectivity index (χ4v) is 2.83. The highest BCUT2D eigenvalue weighted by Crippen LogP contribution is 2.23. The normalized spacial score (nSPS) is 10.5. The maximum atomic E-state index is 12.3. The van der Waals surface area contributed by atoms with Gasteiger partial charge in [-0.2, -0.15) is 4.98 Å². The molecule has 0 saturated carbocycles. The van der Waals surface area contributed by atoms with Crippen LogP contribution in [0.5, 0.6) is 10.9 Å². The van der Waals surface area contributed by atoms with Crippen molar-refractivity contribution in [3.05, 3.63) is 77.6 Å². The number of aromatic nitrogens is 3. The van der Waals surface area contributed by atoms with Crippen molar-refractivity contribution in [1.29, 1.82) is 0 Å². The topological polar surface area (TPSA) is 90.1 Å². The molecule has 0 aliphatic rings. The first-order chi connectivity index (χ1) is 13.3. The van der Waals surface area contributed by atoms with Crippen LogP contribution < -0.4 is 10.1 Å². The zero-order chi connectivity index (χ0) is 18.5. The number of carbonyl (C=O) groups excluding carboxylic acids is 1. The van der Waals surface area contributed by atoms with E-state index in [1.165, 1.54) is 11.3 Å². The first-order valence-electron chi connectivity index (χ1n) is 8.11. The van der Waals surface area contributed by atoms with E-state index in [1.54, 1.807) is 30.5 Å². The molecule has 27 heavy (non-hydrogen) atoms. The lowest BCUT2D eigenvalue weighted by molar-refractivity contribution is 0.0946. The Bertz CT molecular complexity index is 1010. The Balaban J connectivity index is 1.35. The van der Waals surface area contributed by atoms with Gasteiger partial charge in [0.25, 0.3) is 11.1 Å². The molecule has 134 valence electrons. The third-order valence-electron chi connectivity index (χ3n) is 3.63. The van der Waals surface area contributed by atoms with Gasteiger partial charge in [-0.1, -0.05) is 46.8 Å². The molecule has 7 nitrogen and oxygen atoms in total. The Morgan fingerprint density at radius 2 is 1.93 bits per heavy atom. The van der Waals surface area contributed by atoms with E-state index in [2.05, 4.69) is 20.4 Å². The number of thiazole rings is 1. The first kappa shape index (κ1) is 16.9. The monoisotopic (exact) mass is 378 g/mol. The lowest BCUT2D eigenvalue weighted by Gasteiger charge is -2.04. The maximum Gasteiger partial charge on any atom is 0.278 e. The molecular formula is C19H14N4O3S. The second-order valence-corrected chi connectivity index (χ2v) is 6.34. The summed E-state index contributed by atoms with van der Waals surface area (Å²) in [7, 11) is 0. The standard InChI is InChI=1S/C19H14N4O3S/c24-18(14-6-8-15(9-7-14)25-19-20-10-11-27-19)21-12-16-22-17(23-26-16)13-4-2-1-3-5-13/h1-11H,12H2,(H,21,24). The van der Waals surface area contributed by atoms with Crippen LogP contribution in [0.3, 0.4) is 0 Å². The van der Waals surface area contributed by atoms with E-state index >= 15 is 0 Å². The number of amides is 1. The van der Waals surface area contributed by atoms with Gasteiger partial charge in [0, 0.05) is 22.7 Å². The minimum Gasteiger partial charge on any atom is -0.431 e. The van der Waals surface area contributed by atoms with Gasteiger partial charge in [0.1, 0.15) is 5.75 Å². The smallest absolute Gasteiger partial charge is 0.278 e. The third kappa shape index (κ3) is 4.18. The first-order valence-corrected chi connectivity index (χ1v) is 8.99. The van der Waals surface area contributed by atoms with E-state index in [-0.39, 0.29) is 12.5 Å². The molecule has 0 radical (unpaired) electrons. The number of rotatable bonds is 6. The van der Waals surface area contributed by atoms with E-state index in [1.807, 2.05) is 35.7 Å². The Labute approximate surface area is 158 Å². The number of hydrogen-bond acceptors (Lipinski definition) is 7. The second kappa shape index (κ2) is 7.79. The average Bonchev–Trinajstić information content (AvgIpc) is 3.39. The van der Waals surface area contributed by atoms with Crippen LogP contribution in [0, 0.1) is 0 Å². The Morgan fingerprint density at radius 1 is 1.11 bits per heavy atom. The number of nitrogens with one attached hydrogen (secondary N) is 1. The van der Waals surface area contributed by atoms with Crippen molar-refractivity contribution in [2.75, 3.05) is 0 Å². The van der Waals surface area contributed by atoms with Crippen molar-refractivity contribution >= 4 is 17.2 Å². The molecule has 0 saturated heterocycles. The highest BCUT2D eigenvalue weighted by Gasteiger charge is 2.11. The molecule has 1 amide bonds. The number of benzene rings is 2. The van der Waals surface area contributed by atoms with Crippen LogP contribution in [0.4, 0.5) is 0 Å². The van der Waals surface area contributed by atoms with Gasteiger partial charge in [0.2, 0.25) is 11.7 Å². The molecule has 2 aromatic heterocycles. The van der Waals surface area contributed by atoms with E-state index in [4.69, 9.17) is 9.26 Å². The van der Waals surface area contributed by atoms with E-state index in [9.17, 15) is 4.79 Å². The van der Waals surface area contributed by atoms with Gasteiger partial charge in [0.15, 0.2) is 0 Å². The molecule has 0 spiro atoms. The predicted octanol–water partition coefficient (Wildman–Crippen LogP) is 3.92. The molecule has 4 aromatic rings. The summed E-state index contributed by atoms with van der Waals surface area (Å²) >= 11 is 1.40. The molecule has 0 aliphatic carbocycles. The average molecular weight is 378 g/mol. The summed E-state index contributed by atoms with van der Waals surface area (Å²) in [5.41, 5.74) is 1.36. The van der Waals surface area contributed by atoms with Crippen molar-refractivity contribution < 1.29 is 14.1 Å². The third-order valence-corrected chi connectivity index (χ3v) is 4.28. The molecular weight excluding hydrogens is 364 g/mol. The highest BCUT2D eigenvalue weighted by atomic mass is 32.1. The molecule has 0 fully saturated rings. The summed E-state index contributed by atoms with van der Waals surface area (Å²) in [4.78, 5) is 20.6. The molecule has 2 heterocycles. The summed E-state index contributed by atoms with van der Waals surface area (Å²) in [6.07, 6.45) is 1.67. The number of hydrogen-bond donors (Lipinski definition) is 1. The van der Waals surface area contributed by atoms with Crippen LogP contribution in [-0.2, 0) is 6.54 Å². The zero-order valence-corrected chi connectivity index (χ0v) is 14.8. The predicted molar refractivity (Wildman–Crippen MR) is 99.5 cm³/mol. The van der Waals surface area contributed by atoms with Gasteiger partial charge < -0.3 is 14.6 Å². The van der Waals surface area contributed by atoms with Gasteiger partial charge in [-0.25, -0.2) is 4.98 Å². The van der Waals surface area contributed by atoms with Crippen LogP contribution in [0.15, 0.2) is 70.7 Å². The molecule has 0 atom stereocenters. The molecule has 8 heteroatoms. The minimum absolute atomic E-state index is 0.149. The summed E-state index contributed by atoms with van der Waals surface area (Å²) in [5.74, 6) is 1.20. The molecule has 1 N–H and O–H groups in total. The van der Waals surface area contributed by atoms with Crippen molar-refractivity contribution in [3.63, 3.8) is 0 Å². The van der Waals surface area contributed by atoms with E-state index < -0.39 is 0 Å². The number of ether oxygens (including phenoxy) is 1. The maximum absolute atomic E-state index is 12.3. The summed E-state index contributed by atoms with van der Waals surface area (Å²) in [6, 6.07) is 16.3. The summed E-state index contributed by atoms with van der Waals surface area (Å²) in [5, 5.41) is 9.07. The Kier molecular flexibility index (Phi) is 4.88. The SMILES string of the molecule is O=C(NCc1nc(-c2ccccc2)no1)c1ccc(Oc2nccs2)cc1. The van der Waals surface area contributed by atoms with Crippen LogP contribution in [0.1, 0.15) is 16.2 Å². The summed E-state index contributed by atoms with van der Waals surface area (Å²) < 4.78 is 10.8. The molecule has 0 bridgehead atoms. The number of carbonyl (C=O) groups is 1. The van der Waals surface area contributed by atoms with Gasteiger partial charge in [-0.05, 0) is 24.3 Å². The van der Waals surface area contributed by atoms with Gasteiger partial charge >= 0.3 is 0 Å². The van der Waals surface area contributed by atoms with Crippen molar-refractivity contribution in [3.8, 4) is 22.3 Å². The lowest BCUT2D eigenvalue weighted by atomic mass is 10.2. The Hall–Kier alpha value is -3.52. The van der Waals surface area contributed by atoms with Crippen LogP contribution in [-0.4, -0.2) is 21.0 Å². The fourth-order valence-electron chi connectivity index (χ4n) is 2.33. The molecule has 2 aromatic carbocycles. The lowest BCUT2D eigenvalue weighted by Crippen LogP contribution is -2.22. The van der Waals surface area contributed by atoms with Gasteiger partial charge in [0.05, 0.1) is 6.54 Å². The fraction of sp³-hybridized carbons (Fsp3) is 0.0526. The quantitative estimate of drug-likeness (QED) is 0.547. The van der Waals surface area contributed by atoms with Gasteiger partial charge in [-0.15, -0.1) is 0 Å². The zero-order valence-electron chi connectivity index (χ0n) is 14.0. The van der Waals surface area contributed by atoms with Crippen LogP contribution in [0.25, 0.3) is 11.4 Å². The van der Waals surface area contributed by atoms with E-state index in [0.29, 0.717) is 28.2 Å². The van der Waals surface area contributed by atoms with Crippen LogP contribution >= 0.6 is 11.3 Å². The largest absolute Gasteiger partial charge is 0.431 e. The second-order valence-electron chi connectivity index (χ2n) is 5.48. The van der Waals surface area contributed by atoms with Crippen molar-refractivity contribution in [2.45, 2.75) is 6.54 Å².